The number of ether oxygens (including phenoxy) is 2. The molecule has 35 heavy (non-hydrogen) atoms. The Balaban J connectivity index is 1.78. The van der Waals surface area contributed by atoms with Crippen LogP contribution >= 0.6 is 11.8 Å². The molecular weight excluding hydrogens is 466 g/mol. The number of H-pyrrole nitrogens is 1. The first-order valence-electron chi connectivity index (χ1n) is 10.9. The van der Waals surface area contributed by atoms with Gasteiger partial charge in [0.05, 0.1) is 42.3 Å². The van der Waals surface area contributed by atoms with Gasteiger partial charge in [-0.2, -0.15) is 0 Å². The molecule has 4 aromatic rings. The minimum atomic E-state index is -0.261. The van der Waals surface area contributed by atoms with E-state index < -0.39 is 0 Å². The Kier molecular flexibility index (Phi) is 6.79. The summed E-state index contributed by atoms with van der Waals surface area (Å²) in [6, 6.07) is 12.2. The van der Waals surface area contributed by atoms with Crippen molar-refractivity contribution in [2.75, 3.05) is 20.0 Å². The highest BCUT2D eigenvalue weighted by atomic mass is 32.2. The number of nitrogens with one attached hydrogen (secondary N) is 1. The highest BCUT2D eigenvalue weighted by Gasteiger charge is 2.21. The third-order valence-electron chi connectivity index (χ3n) is 5.77. The number of aryl methyl sites for hydroxylation is 1. The van der Waals surface area contributed by atoms with Gasteiger partial charge in [-0.05, 0) is 50.6 Å². The molecule has 0 radical (unpaired) electrons. The van der Waals surface area contributed by atoms with Crippen molar-refractivity contribution in [3.05, 3.63) is 75.3 Å². The van der Waals surface area contributed by atoms with E-state index in [1.165, 1.54) is 25.7 Å². The van der Waals surface area contributed by atoms with Crippen LogP contribution in [-0.2, 0) is 0 Å². The summed E-state index contributed by atoms with van der Waals surface area (Å²) in [6.07, 6.45) is 0. The molecule has 2 aromatic carbocycles. The molecule has 0 atom stereocenters. The van der Waals surface area contributed by atoms with E-state index in [9.17, 15) is 14.4 Å². The summed E-state index contributed by atoms with van der Waals surface area (Å²) < 4.78 is 12.2. The van der Waals surface area contributed by atoms with Crippen molar-refractivity contribution in [3.63, 3.8) is 0 Å². The predicted octanol–water partition coefficient (Wildman–Crippen LogP) is 4.53. The maximum absolute atomic E-state index is 13.5. The van der Waals surface area contributed by atoms with Crippen molar-refractivity contribution in [3.8, 4) is 17.2 Å². The van der Waals surface area contributed by atoms with E-state index in [-0.39, 0.29) is 22.9 Å². The van der Waals surface area contributed by atoms with Gasteiger partial charge in [0.2, 0.25) is 0 Å². The van der Waals surface area contributed by atoms with Gasteiger partial charge < -0.3 is 14.5 Å². The van der Waals surface area contributed by atoms with Gasteiger partial charge in [-0.25, -0.2) is 4.98 Å². The van der Waals surface area contributed by atoms with Crippen LogP contribution in [0.15, 0.2) is 52.4 Å². The molecule has 0 aliphatic rings. The second-order valence-electron chi connectivity index (χ2n) is 7.98. The molecule has 0 unspecified atom stereocenters. The number of rotatable bonds is 8. The van der Waals surface area contributed by atoms with E-state index in [2.05, 4.69) is 9.97 Å². The van der Waals surface area contributed by atoms with Gasteiger partial charge in [0.15, 0.2) is 28.2 Å². The average Bonchev–Trinajstić information content (AvgIpc) is 3.16. The van der Waals surface area contributed by atoms with Gasteiger partial charge in [0.1, 0.15) is 0 Å². The van der Waals surface area contributed by atoms with Gasteiger partial charge in [-0.1, -0.05) is 23.9 Å². The molecule has 2 heterocycles. The number of methoxy groups -OCH3 is 2. The van der Waals surface area contributed by atoms with Crippen LogP contribution in [0.3, 0.4) is 0 Å². The highest BCUT2D eigenvalue weighted by molar-refractivity contribution is 7.99. The van der Waals surface area contributed by atoms with Crippen LogP contribution in [-0.4, -0.2) is 46.1 Å². The van der Waals surface area contributed by atoms with Gasteiger partial charge in [0.25, 0.3) is 5.56 Å². The first kappa shape index (κ1) is 24.3. The van der Waals surface area contributed by atoms with E-state index in [0.29, 0.717) is 55.8 Å². The second-order valence-corrected chi connectivity index (χ2v) is 8.93. The standard InChI is InChI=1S/C26H25N3O5S/c1-14-23(16(3)30)15(2)27-24(14)20(31)13-35-26-28-19-9-7-6-8-18(19)25(32)29(26)17-10-11-21(33-4)22(12-17)34-5/h6-12,27H,13H2,1-5H3. The molecule has 2 aromatic heterocycles. The van der Waals surface area contributed by atoms with Crippen molar-refractivity contribution in [1.82, 2.24) is 14.5 Å². The van der Waals surface area contributed by atoms with Crippen molar-refractivity contribution < 1.29 is 19.1 Å². The number of carbonyl (C=O) groups excluding carboxylic acids is 2. The van der Waals surface area contributed by atoms with Gasteiger partial charge in [-0.15, -0.1) is 0 Å². The lowest BCUT2D eigenvalue weighted by Gasteiger charge is -2.15. The zero-order valence-electron chi connectivity index (χ0n) is 20.1. The normalized spacial score (nSPS) is 11.0. The number of hydrogen-bond acceptors (Lipinski definition) is 7. The number of ketones is 2. The Hall–Kier alpha value is -3.85. The zero-order chi connectivity index (χ0) is 25.3. The summed E-state index contributed by atoms with van der Waals surface area (Å²) in [6.45, 7) is 5.01. The molecule has 0 aliphatic heterocycles. The van der Waals surface area contributed by atoms with E-state index >= 15 is 0 Å². The molecule has 0 aliphatic carbocycles. The van der Waals surface area contributed by atoms with Crippen molar-refractivity contribution in [2.24, 2.45) is 0 Å². The van der Waals surface area contributed by atoms with E-state index in [1.54, 1.807) is 50.2 Å². The predicted molar refractivity (Wildman–Crippen MR) is 136 cm³/mol. The third-order valence-corrected chi connectivity index (χ3v) is 6.71. The molecule has 9 heteroatoms. The number of aromatic amines is 1. The van der Waals surface area contributed by atoms with E-state index in [4.69, 9.17) is 9.47 Å². The minimum Gasteiger partial charge on any atom is -0.493 e. The summed E-state index contributed by atoms with van der Waals surface area (Å²) in [5.41, 5.74) is 3.02. The summed E-state index contributed by atoms with van der Waals surface area (Å²) in [7, 11) is 3.06. The van der Waals surface area contributed by atoms with Gasteiger partial charge in [0, 0.05) is 17.3 Å². The second kappa shape index (κ2) is 9.79. The molecule has 0 fully saturated rings. The zero-order valence-corrected chi connectivity index (χ0v) is 20.9. The van der Waals surface area contributed by atoms with Crippen molar-refractivity contribution in [2.45, 2.75) is 25.9 Å². The van der Waals surface area contributed by atoms with Crippen LogP contribution in [0.25, 0.3) is 16.6 Å². The number of para-hydroxylation sites is 1. The molecule has 8 nitrogen and oxygen atoms in total. The largest absolute Gasteiger partial charge is 0.493 e. The van der Waals surface area contributed by atoms with Gasteiger partial charge in [-0.3, -0.25) is 19.0 Å². The quantitative estimate of drug-likeness (QED) is 0.219. The number of hydrogen-bond donors (Lipinski definition) is 1. The van der Waals surface area contributed by atoms with Gasteiger partial charge >= 0.3 is 0 Å². The van der Waals surface area contributed by atoms with E-state index in [1.807, 2.05) is 6.07 Å². The molecule has 180 valence electrons. The fourth-order valence-corrected chi connectivity index (χ4v) is 5.04. The first-order chi connectivity index (χ1) is 16.8. The number of aromatic nitrogens is 3. The molecule has 0 amide bonds. The summed E-state index contributed by atoms with van der Waals surface area (Å²) in [5, 5.41) is 0.821. The topological polar surface area (TPSA) is 103 Å². The number of carbonyl (C=O) groups is 2. The molecule has 0 saturated heterocycles. The highest BCUT2D eigenvalue weighted by Crippen LogP contribution is 2.31. The van der Waals surface area contributed by atoms with Crippen LogP contribution in [0, 0.1) is 13.8 Å². The fourth-order valence-electron chi connectivity index (χ4n) is 4.16. The van der Waals surface area contributed by atoms with E-state index in [0.717, 1.165) is 11.8 Å². The average molecular weight is 492 g/mol. The van der Waals surface area contributed by atoms with Crippen LogP contribution in [0.1, 0.15) is 39.0 Å². The van der Waals surface area contributed by atoms with Crippen LogP contribution < -0.4 is 15.0 Å². The van der Waals surface area contributed by atoms with Crippen LogP contribution in [0.4, 0.5) is 0 Å². The molecule has 0 bridgehead atoms. The Morgan fingerprint density at radius 1 is 1.06 bits per heavy atom. The lowest BCUT2D eigenvalue weighted by atomic mass is 10.1. The Morgan fingerprint density at radius 2 is 1.77 bits per heavy atom. The third kappa shape index (κ3) is 4.46. The Bertz CT molecular complexity index is 1520. The summed E-state index contributed by atoms with van der Waals surface area (Å²) >= 11 is 1.15. The summed E-state index contributed by atoms with van der Waals surface area (Å²) in [4.78, 5) is 46.3. The fraction of sp³-hybridized carbons (Fsp3) is 0.231. The lowest BCUT2D eigenvalue weighted by molar-refractivity contribution is 0.101. The van der Waals surface area contributed by atoms with Crippen molar-refractivity contribution in [1.29, 1.82) is 0 Å². The number of benzene rings is 2. The molecule has 4 rings (SSSR count). The molecule has 0 saturated carbocycles. The Morgan fingerprint density at radius 3 is 2.43 bits per heavy atom. The minimum absolute atomic E-state index is 0.0240. The number of nitrogens with zero attached hydrogens (tertiary/aromatic N) is 2. The SMILES string of the molecule is COc1ccc(-n2c(SCC(=O)c3[nH]c(C)c(C(C)=O)c3C)nc3ccccc3c2=O)cc1OC. The smallest absolute Gasteiger partial charge is 0.266 e. The maximum atomic E-state index is 13.5. The summed E-state index contributed by atoms with van der Waals surface area (Å²) in [5.74, 6) is 0.731. The first-order valence-corrected chi connectivity index (χ1v) is 11.9. The maximum Gasteiger partial charge on any atom is 0.266 e. The number of fused-ring (bicyclic) bond motifs is 1. The van der Waals surface area contributed by atoms with Crippen molar-refractivity contribution >= 4 is 34.2 Å². The lowest BCUT2D eigenvalue weighted by Crippen LogP contribution is -2.22. The van der Waals surface area contributed by atoms with Crippen LogP contribution in [0.5, 0.6) is 11.5 Å². The molecule has 1 N–H and O–H groups in total. The monoisotopic (exact) mass is 491 g/mol. The number of Topliss-reactive ketones (excluding diaryl/α,β-unsaturated/α-hetero) is 2. The van der Waals surface area contributed by atoms with Crippen LogP contribution in [0.2, 0.25) is 0 Å². The molecule has 0 spiro atoms. The Labute approximate surface area is 206 Å². The number of thioether (sulfide) groups is 1. The molecular formula is C26H25N3O5S.